The molecular formula is C30H34O5. The Hall–Kier alpha value is -3.86. The zero-order chi connectivity index (χ0) is 25.4. The molecule has 0 radical (unpaired) electrons. The minimum Gasteiger partial charge on any atom is -0.504 e. The van der Waals surface area contributed by atoms with Crippen molar-refractivity contribution >= 4 is 0 Å². The molecule has 0 fully saturated rings. The molecule has 35 heavy (non-hydrogen) atoms. The standard InChI is InChI=1S/C30H34O5/c1-20(2)15-17-34-24-11-7-22(8-12-24)26-19-27(32-5)28(29(31)30(26)33-6)23-9-13-25(14-10-23)35-18-16-21(3)4/h7-16,19,31H,17-18H2,1-6H3. The van der Waals surface area contributed by atoms with E-state index in [1.54, 1.807) is 14.2 Å². The third-order valence-electron chi connectivity index (χ3n) is 5.43. The highest BCUT2D eigenvalue weighted by atomic mass is 16.5. The van der Waals surface area contributed by atoms with Gasteiger partial charge in [0.05, 0.1) is 19.8 Å². The van der Waals surface area contributed by atoms with Crippen LogP contribution in [0.15, 0.2) is 77.9 Å². The maximum Gasteiger partial charge on any atom is 0.170 e. The van der Waals surface area contributed by atoms with E-state index in [9.17, 15) is 5.11 Å². The van der Waals surface area contributed by atoms with Crippen LogP contribution in [0.5, 0.6) is 28.7 Å². The van der Waals surface area contributed by atoms with Gasteiger partial charge in [0.1, 0.15) is 30.5 Å². The van der Waals surface area contributed by atoms with Crippen molar-refractivity contribution in [1.29, 1.82) is 0 Å². The van der Waals surface area contributed by atoms with E-state index in [0.29, 0.717) is 30.3 Å². The third kappa shape index (κ3) is 6.60. The molecular weight excluding hydrogens is 440 g/mol. The van der Waals surface area contributed by atoms with E-state index in [0.717, 1.165) is 28.2 Å². The molecule has 1 N–H and O–H groups in total. The molecule has 0 amide bonds. The van der Waals surface area contributed by atoms with E-state index in [1.165, 1.54) is 11.1 Å². The molecule has 0 unspecified atom stereocenters. The number of hydrogen-bond donors (Lipinski definition) is 1. The SMILES string of the molecule is COc1cc(-c2ccc(OCC=C(C)C)cc2)c(OC)c(O)c1-c1ccc(OCC=C(C)C)cc1. The minimum atomic E-state index is 0.0175. The summed E-state index contributed by atoms with van der Waals surface area (Å²) in [5, 5.41) is 11.2. The number of phenols is 1. The Morgan fingerprint density at radius 3 is 1.63 bits per heavy atom. The van der Waals surface area contributed by atoms with Crippen molar-refractivity contribution in [2.75, 3.05) is 27.4 Å². The van der Waals surface area contributed by atoms with Gasteiger partial charge in [0.2, 0.25) is 0 Å². The fraction of sp³-hybridized carbons (Fsp3) is 0.267. The second kappa shape index (κ2) is 12.0. The fourth-order valence-electron chi connectivity index (χ4n) is 3.55. The number of hydrogen-bond acceptors (Lipinski definition) is 5. The van der Waals surface area contributed by atoms with Gasteiger partial charge in [-0.1, -0.05) is 35.4 Å². The Kier molecular flexibility index (Phi) is 8.85. The predicted molar refractivity (Wildman–Crippen MR) is 142 cm³/mol. The molecule has 0 aromatic heterocycles. The highest BCUT2D eigenvalue weighted by molar-refractivity contribution is 5.87. The molecule has 0 saturated heterocycles. The summed E-state index contributed by atoms with van der Waals surface area (Å²) < 4.78 is 22.8. The summed E-state index contributed by atoms with van der Waals surface area (Å²) in [7, 11) is 3.14. The highest BCUT2D eigenvalue weighted by Gasteiger charge is 2.21. The van der Waals surface area contributed by atoms with Gasteiger partial charge in [0.25, 0.3) is 0 Å². The number of benzene rings is 3. The Labute approximate surface area is 208 Å². The van der Waals surface area contributed by atoms with Crippen molar-refractivity contribution in [3.63, 3.8) is 0 Å². The molecule has 5 nitrogen and oxygen atoms in total. The van der Waals surface area contributed by atoms with Gasteiger partial charge in [-0.05, 0) is 81.3 Å². The van der Waals surface area contributed by atoms with Crippen LogP contribution in [0.3, 0.4) is 0 Å². The van der Waals surface area contributed by atoms with Gasteiger partial charge in [-0.3, -0.25) is 0 Å². The lowest BCUT2D eigenvalue weighted by Crippen LogP contribution is -1.97. The minimum absolute atomic E-state index is 0.0175. The van der Waals surface area contributed by atoms with Crippen LogP contribution in [0.2, 0.25) is 0 Å². The molecule has 0 aliphatic rings. The Morgan fingerprint density at radius 2 is 1.20 bits per heavy atom. The van der Waals surface area contributed by atoms with Crippen molar-refractivity contribution in [3.05, 3.63) is 77.9 Å². The molecule has 0 heterocycles. The van der Waals surface area contributed by atoms with Gasteiger partial charge >= 0.3 is 0 Å². The fourth-order valence-corrected chi connectivity index (χ4v) is 3.55. The maximum atomic E-state index is 11.2. The van der Waals surface area contributed by atoms with E-state index in [1.807, 2.05) is 94.4 Å². The first kappa shape index (κ1) is 25.8. The van der Waals surface area contributed by atoms with Crippen LogP contribution in [0, 0.1) is 0 Å². The zero-order valence-electron chi connectivity index (χ0n) is 21.3. The van der Waals surface area contributed by atoms with Crippen LogP contribution in [0.25, 0.3) is 22.3 Å². The molecule has 0 spiro atoms. The maximum absolute atomic E-state index is 11.2. The Balaban J connectivity index is 1.93. The lowest BCUT2D eigenvalue weighted by Gasteiger charge is -2.18. The van der Waals surface area contributed by atoms with E-state index in [2.05, 4.69) is 0 Å². The van der Waals surface area contributed by atoms with Gasteiger partial charge in [0, 0.05) is 5.56 Å². The average molecular weight is 475 g/mol. The number of phenolic OH excluding ortho intramolecular Hbond substituents is 1. The molecule has 3 rings (SSSR count). The Bertz CT molecular complexity index is 1180. The second-order valence-electron chi connectivity index (χ2n) is 8.62. The molecule has 0 bridgehead atoms. The summed E-state index contributed by atoms with van der Waals surface area (Å²) in [6.07, 6.45) is 4.05. The van der Waals surface area contributed by atoms with Crippen molar-refractivity contribution in [3.8, 4) is 51.0 Å². The molecule has 0 atom stereocenters. The van der Waals surface area contributed by atoms with Crippen LogP contribution in [0.1, 0.15) is 27.7 Å². The van der Waals surface area contributed by atoms with E-state index >= 15 is 0 Å². The van der Waals surface area contributed by atoms with Crippen molar-refractivity contribution < 1.29 is 24.1 Å². The first-order valence-electron chi connectivity index (χ1n) is 11.5. The molecule has 0 saturated carbocycles. The Morgan fingerprint density at radius 1 is 0.714 bits per heavy atom. The quantitative estimate of drug-likeness (QED) is 0.310. The third-order valence-corrected chi connectivity index (χ3v) is 5.43. The van der Waals surface area contributed by atoms with E-state index < -0.39 is 0 Å². The van der Waals surface area contributed by atoms with Crippen LogP contribution in [0.4, 0.5) is 0 Å². The van der Waals surface area contributed by atoms with Gasteiger partial charge in [0.15, 0.2) is 11.5 Å². The summed E-state index contributed by atoms with van der Waals surface area (Å²) in [6, 6.07) is 17.1. The van der Waals surface area contributed by atoms with Crippen LogP contribution in [-0.4, -0.2) is 32.5 Å². The summed E-state index contributed by atoms with van der Waals surface area (Å²) in [6.45, 7) is 9.18. The normalized spacial score (nSPS) is 10.3. The number of aromatic hydroxyl groups is 1. The van der Waals surface area contributed by atoms with Gasteiger partial charge < -0.3 is 24.1 Å². The van der Waals surface area contributed by atoms with E-state index in [-0.39, 0.29) is 5.75 Å². The summed E-state index contributed by atoms with van der Waals surface area (Å²) >= 11 is 0. The van der Waals surface area contributed by atoms with Gasteiger partial charge in [-0.15, -0.1) is 0 Å². The molecule has 184 valence electrons. The largest absolute Gasteiger partial charge is 0.504 e. The first-order valence-corrected chi connectivity index (χ1v) is 11.5. The predicted octanol–water partition coefficient (Wildman–Crippen LogP) is 7.43. The zero-order valence-corrected chi connectivity index (χ0v) is 21.3. The second-order valence-corrected chi connectivity index (χ2v) is 8.62. The summed E-state index contributed by atoms with van der Waals surface area (Å²) in [5.41, 5.74) is 5.37. The van der Waals surface area contributed by atoms with E-state index in [4.69, 9.17) is 18.9 Å². The van der Waals surface area contributed by atoms with Gasteiger partial charge in [-0.2, -0.15) is 0 Å². The number of rotatable bonds is 10. The van der Waals surface area contributed by atoms with Crippen molar-refractivity contribution in [2.24, 2.45) is 0 Å². The smallest absolute Gasteiger partial charge is 0.170 e. The summed E-state index contributed by atoms with van der Waals surface area (Å²) in [4.78, 5) is 0. The van der Waals surface area contributed by atoms with Gasteiger partial charge in [-0.25, -0.2) is 0 Å². The monoisotopic (exact) mass is 474 g/mol. The lowest BCUT2D eigenvalue weighted by atomic mass is 9.96. The topological polar surface area (TPSA) is 57.2 Å². The first-order chi connectivity index (χ1) is 16.8. The highest BCUT2D eigenvalue weighted by Crippen LogP contribution is 2.49. The number of methoxy groups -OCH3 is 2. The van der Waals surface area contributed by atoms with Crippen LogP contribution >= 0.6 is 0 Å². The molecule has 0 aliphatic heterocycles. The molecule has 3 aromatic rings. The number of ether oxygens (including phenoxy) is 4. The lowest BCUT2D eigenvalue weighted by molar-refractivity contribution is 0.361. The van der Waals surface area contributed by atoms with Crippen LogP contribution < -0.4 is 18.9 Å². The summed E-state index contributed by atoms with van der Waals surface area (Å²) in [5.74, 6) is 2.46. The molecule has 3 aromatic carbocycles. The van der Waals surface area contributed by atoms with Crippen molar-refractivity contribution in [1.82, 2.24) is 0 Å². The molecule has 5 heteroatoms. The molecule has 0 aliphatic carbocycles. The number of allylic oxidation sites excluding steroid dienone is 2. The average Bonchev–Trinajstić information content (AvgIpc) is 2.84. The van der Waals surface area contributed by atoms with Crippen molar-refractivity contribution in [2.45, 2.75) is 27.7 Å². The van der Waals surface area contributed by atoms with Crippen LogP contribution in [-0.2, 0) is 0 Å².